The van der Waals surface area contributed by atoms with Gasteiger partial charge >= 0.3 is 23.9 Å². The van der Waals surface area contributed by atoms with Crippen LogP contribution in [0.4, 0.5) is 0 Å². The van der Waals surface area contributed by atoms with Gasteiger partial charge in [0.15, 0.2) is 0 Å². The first-order chi connectivity index (χ1) is 38.6. The van der Waals surface area contributed by atoms with E-state index in [2.05, 4.69) is 38.8 Å². The first kappa shape index (κ1) is 62.0. The highest BCUT2D eigenvalue weighted by Crippen LogP contribution is 2.38. The van der Waals surface area contributed by atoms with Gasteiger partial charge in [0.25, 0.3) is 0 Å². The Hall–Kier alpha value is -7.88. The molecule has 0 saturated heterocycles. The van der Waals surface area contributed by atoms with Crippen molar-refractivity contribution >= 4 is 23.9 Å². The van der Waals surface area contributed by atoms with E-state index in [-0.39, 0.29) is 25.3 Å². The summed E-state index contributed by atoms with van der Waals surface area (Å²) in [6, 6.07) is 34.0. The number of hydrogen-bond acceptors (Lipinski definition) is 15. The number of hydrogen-bond donors (Lipinski definition) is 0. The highest BCUT2D eigenvalue weighted by Gasteiger charge is 2.22. The smallest absolute Gasteiger partial charge is 0.343 e. The molecule has 1 fully saturated rings. The fourth-order valence-electron chi connectivity index (χ4n) is 8.27. The van der Waals surface area contributed by atoms with Crippen molar-refractivity contribution in [2.24, 2.45) is 5.92 Å². The molecule has 0 N–H and O–H groups in total. The van der Waals surface area contributed by atoms with Gasteiger partial charge in [-0.2, -0.15) is 0 Å². The third-order valence-corrected chi connectivity index (χ3v) is 12.5. The summed E-state index contributed by atoms with van der Waals surface area (Å²) < 4.78 is 49.4. The average Bonchev–Trinajstić information content (AvgIpc) is 3.47. The van der Waals surface area contributed by atoms with Crippen molar-refractivity contribution < 1.29 is 71.6 Å². The number of aryl methyl sites for hydroxylation is 1. The van der Waals surface area contributed by atoms with Crippen LogP contribution in [0.5, 0.6) is 40.2 Å². The van der Waals surface area contributed by atoms with Gasteiger partial charge in [0, 0.05) is 25.0 Å². The summed E-state index contributed by atoms with van der Waals surface area (Å²) in [6.45, 7) is 17.3. The second-order valence-corrected chi connectivity index (χ2v) is 18.5. The molecule has 79 heavy (non-hydrogen) atoms. The first-order valence-corrected chi connectivity index (χ1v) is 27.1. The van der Waals surface area contributed by atoms with Crippen LogP contribution in [0, 0.1) is 12.8 Å². The lowest BCUT2D eigenvalue weighted by atomic mass is 9.77. The number of rotatable bonds is 34. The van der Waals surface area contributed by atoms with Gasteiger partial charge in [-0.05, 0) is 184 Å². The van der Waals surface area contributed by atoms with Crippen molar-refractivity contribution in [3.8, 4) is 40.2 Å². The van der Waals surface area contributed by atoms with E-state index in [9.17, 15) is 19.2 Å². The Bertz CT molecular complexity index is 2600. The third-order valence-electron chi connectivity index (χ3n) is 12.5. The van der Waals surface area contributed by atoms with E-state index in [1.54, 1.807) is 84.9 Å². The first-order valence-electron chi connectivity index (χ1n) is 27.1. The summed E-state index contributed by atoms with van der Waals surface area (Å²) in [5, 5.41) is 0. The summed E-state index contributed by atoms with van der Waals surface area (Å²) >= 11 is 0. The number of ether oxygens (including phenoxy) is 9. The average molecular weight is 1090 g/mol. The standard InChI is InChI=1S/C33H36O10.C31H40O5/c1-4-18-41-42-22-7-20-37-28-12-14-29(15-13-28)39-24-40-31-17-16-30(23-25(31)3)43-33(35)26-8-10-27(11-9-26)36-19-6-21-38-32(34)5-2;1-3-9-24-10-12-25(13-11-24)26-14-20-29(21-15-26)36-31(33)27-16-18-28(19-17-27)34-22-7-5-6-8-23-35-30(32)4-2/h4-5,8-17,23H,1-2,6-7,18-22,24H2,3H3;4,14-21,24-25H,2-3,5-13,22-23H2,1H3. The van der Waals surface area contributed by atoms with Crippen LogP contribution in [0.2, 0.25) is 0 Å². The second-order valence-electron chi connectivity index (χ2n) is 18.5. The quantitative estimate of drug-likeness (QED) is 0.00557. The normalized spacial score (nSPS) is 13.5. The molecule has 1 saturated carbocycles. The Morgan fingerprint density at radius 2 is 0.962 bits per heavy atom. The van der Waals surface area contributed by atoms with Crippen LogP contribution in [-0.2, 0) is 28.8 Å². The van der Waals surface area contributed by atoms with Gasteiger partial charge in [-0.15, -0.1) is 6.58 Å². The Morgan fingerprint density at radius 3 is 1.49 bits per heavy atom. The lowest BCUT2D eigenvalue weighted by Crippen LogP contribution is -2.13. The molecule has 1 aliphatic carbocycles. The van der Waals surface area contributed by atoms with E-state index in [0.29, 0.717) is 104 Å². The van der Waals surface area contributed by atoms with Crippen LogP contribution in [0.1, 0.15) is 122 Å². The molecule has 0 amide bonds. The van der Waals surface area contributed by atoms with Crippen LogP contribution in [0.25, 0.3) is 0 Å². The van der Waals surface area contributed by atoms with Crippen molar-refractivity contribution in [2.45, 2.75) is 96.8 Å². The zero-order valence-corrected chi connectivity index (χ0v) is 45.7. The highest BCUT2D eigenvalue weighted by molar-refractivity contribution is 5.91. The minimum absolute atomic E-state index is 0.00336. The summed E-state index contributed by atoms with van der Waals surface area (Å²) in [5.41, 5.74) is 2.99. The number of esters is 4. The third kappa shape index (κ3) is 24.1. The predicted octanol–water partition coefficient (Wildman–Crippen LogP) is 13.7. The molecular weight excluding hydrogens is 1010 g/mol. The van der Waals surface area contributed by atoms with Crippen molar-refractivity contribution in [3.05, 3.63) is 175 Å². The summed E-state index contributed by atoms with van der Waals surface area (Å²) in [7, 11) is 0. The van der Waals surface area contributed by atoms with Gasteiger partial charge in [-0.3, -0.25) is 0 Å². The van der Waals surface area contributed by atoms with Crippen molar-refractivity contribution in [1.29, 1.82) is 0 Å². The molecule has 5 aromatic carbocycles. The van der Waals surface area contributed by atoms with Gasteiger partial charge in [0.1, 0.15) is 46.9 Å². The summed E-state index contributed by atoms with van der Waals surface area (Å²) in [6.07, 6.45) is 16.6. The van der Waals surface area contributed by atoms with Crippen LogP contribution in [-0.4, -0.2) is 76.9 Å². The lowest BCUT2D eigenvalue weighted by molar-refractivity contribution is -0.287. The molecule has 6 rings (SSSR count). The van der Waals surface area contributed by atoms with E-state index in [1.807, 2.05) is 31.2 Å². The maximum absolute atomic E-state index is 12.6. The van der Waals surface area contributed by atoms with Crippen molar-refractivity contribution in [3.63, 3.8) is 0 Å². The van der Waals surface area contributed by atoms with Crippen LogP contribution in [0.15, 0.2) is 153 Å². The van der Waals surface area contributed by atoms with Gasteiger partial charge in [-0.1, -0.05) is 51.1 Å². The predicted molar refractivity (Wildman–Crippen MR) is 301 cm³/mol. The van der Waals surface area contributed by atoms with Crippen molar-refractivity contribution in [1.82, 2.24) is 0 Å². The molecule has 0 radical (unpaired) electrons. The molecule has 15 nitrogen and oxygen atoms in total. The molecule has 1 aliphatic rings. The zero-order chi connectivity index (χ0) is 56.3. The summed E-state index contributed by atoms with van der Waals surface area (Å²) in [5.74, 6) is 4.01. The Morgan fingerprint density at radius 1 is 0.494 bits per heavy atom. The van der Waals surface area contributed by atoms with Crippen LogP contribution in [0.3, 0.4) is 0 Å². The Balaban J connectivity index is 0.000000295. The van der Waals surface area contributed by atoms with E-state index >= 15 is 0 Å². The molecule has 0 aromatic heterocycles. The molecule has 5 aromatic rings. The van der Waals surface area contributed by atoms with E-state index in [1.165, 1.54) is 50.2 Å². The molecule has 0 unspecified atom stereocenters. The SMILES string of the molecule is C=CC(=O)OCCCCCCOc1ccc(C(=O)Oc2ccc(C3CCC(CCC)CC3)cc2)cc1.C=CCOOCCCOc1ccc(OCOc2ccc(OC(=O)c3ccc(OCCCOC(=O)C=C)cc3)cc2C)cc1. The zero-order valence-electron chi connectivity index (χ0n) is 45.7. The Kier molecular flexibility index (Phi) is 28.4. The monoisotopic (exact) mass is 1080 g/mol. The van der Waals surface area contributed by atoms with Gasteiger partial charge in [0.05, 0.1) is 50.8 Å². The minimum Gasteiger partial charge on any atom is -0.494 e. The van der Waals surface area contributed by atoms with Gasteiger partial charge in [0.2, 0.25) is 6.79 Å². The molecule has 0 atom stereocenters. The fourth-order valence-corrected chi connectivity index (χ4v) is 8.27. The van der Waals surface area contributed by atoms with E-state index < -0.39 is 11.9 Å². The Labute approximate surface area is 465 Å². The molecule has 0 spiro atoms. The molecule has 0 heterocycles. The highest BCUT2D eigenvalue weighted by atomic mass is 17.2. The maximum Gasteiger partial charge on any atom is 0.343 e. The molecule has 0 aliphatic heterocycles. The topological polar surface area (TPSA) is 170 Å². The van der Waals surface area contributed by atoms with Crippen LogP contribution >= 0.6 is 0 Å². The molecule has 15 heteroatoms. The summed E-state index contributed by atoms with van der Waals surface area (Å²) in [4.78, 5) is 57.0. The largest absolute Gasteiger partial charge is 0.494 e. The lowest BCUT2D eigenvalue weighted by Gasteiger charge is -2.28. The van der Waals surface area contributed by atoms with Gasteiger partial charge < -0.3 is 42.6 Å². The molecular formula is C64H76O15. The number of carbonyl (C=O) groups is 4. The van der Waals surface area contributed by atoms with E-state index in [0.717, 1.165) is 49.0 Å². The van der Waals surface area contributed by atoms with Crippen molar-refractivity contribution in [2.75, 3.05) is 53.0 Å². The van der Waals surface area contributed by atoms with Gasteiger partial charge in [-0.25, -0.2) is 29.0 Å². The molecule has 422 valence electrons. The number of unbranched alkanes of at least 4 members (excludes halogenated alkanes) is 3. The fraction of sp³-hybridized carbons (Fsp3) is 0.375. The number of benzene rings is 5. The molecule has 0 bridgehead atoms. The van der Waals surface area contributed by atoms with Crippen LogP contribution < -0.4 is 33.2 Å². The van der Waals surface area contributed by atoms with E-state index in [4.69, 9.17) is 52.4 Å². The second kappa shape index (κ2) is 36.3. The number of carbonyl (C=O) groups excluding carboxylic acids is 4. The maximum atomic E-state index is 12.6. The minimum atomic E-state index is -0.502.